The lowest BCUT2D eigenvalue weighted by Crippen LogP contribution is -2.41. The molecule has 130 valence electrons. The van der Waals surface area contributed by atoms with Crippen molar-refractivity contribution in [1.82, 2.24) is 2.56 Å². The maximum atomic E-state index is 11.1. The van der Waals surface area contributed by atoms with E-state index in [9.17, 15) is 9.82 Å². The van der Waals surface area contributed by atoms with Crippen LogP contribution in [0.15, 0.2) is 24.3 Å². The van der Waals surface area contributed by atoms with E-state index in [0.717, 1.165) is 19.3 Å². The molecular formula is C14H22BBrINO5. The summed E-state index contributed by atoms with van der Waals surface area (Å²) in [5.74, 6) is -1.02. The summed E-state index contributed by atoms with van der Waals surface area (Å²) in [5.41, 5.74) is -0.470. The van der Waals surface area contributed by atoms with Gasteiger partial charge in [-0.1, -0.05) is 32.9 Å². The van der Waals surface area contributed by atoms with Crippen LogP contribution < -0.4 is 7.21 Å². The topological polar surface area (TPSA) is 88.0 Å². The lowest BCUT2D eigenvalue weighted by atomic mass is 9.92. The van der Waals surface area contributed by atoms with Crippen LogP contribution in [0.1, 0.15) is 50.4 Å². The Hall–Kier alpha value is -0.355. The molecule has 0 radical (unpaired) electrons. The predicted octanol–water partition coefficient (Wildman–Crippen LogP) is 3.96. The molecule has 6 nitrogen and oxygen atoms in total. The minimum Gasteiger partial charge on any atom is -0.511 e. The molecule has 1 rings (SSSR count). The normalized spacial score (nSPS) is 10.5. The molecule has 0 amide bonds. The highest BCUT2D eigenvalue weighted by molar-refractivity contribution is 14.1. The van der Waals surface area contributed by atoms with Crippen LogP contribution in [-0.2, 0) is 4.65 Å². The molecule has 0 atom stereocenters. The van der Waals surface area contributed by atoms with E-state index in [1.54, 1.807) is 12.1 Å². The van der Waals surface area contributed by atoms with E-state index in [1.165, 1.54) is 12.1 Å². The van der Waals surface area contributed by atoms with Crippen molar-refractivity contribution in [2.24, 2.45) is 0 Å². The molecule has 0 aromatic heterocycles. The van der Waals surface area contributed by atoms with Gasteiger partial charge in [-0.3, -0.25) is 0 Å². The quantitative estimate of drug-likeness (QED) is 0.284. The molecule has 0 aliphatic heterocycles. The second kappa shape index (κ2) is 12.1. The van der Waals surface area contributed by atoms with Crippen LogP contribution in [0.5, 0.6) is 5.75 Å². The van der Waals surface area contributed by atoms with Crippen LogP contribution in [0, 0.1) is 0 Å². The Labute approximate surface area is 160 Å². The fraction of sp³-hybridized carbons (Fsp3) is 0.500. The van der Waals surface area contributed by atoms with Gasteiger partial charge in [-0.2, -0.15) is 2.56 Å². The number of aromatic carboxylic acids is 1. The third kappa shape index (κ3) is 7.84. The van der Waals surface area contributed by atoms with Crippen LogP contribution in [-0.4, -0.2) is 29.0 Å². The number of benzene rings is 1. The number of halogens is 2. The van der Waals surface area contributed by atoms with E-state index < -0.39 is 18.9 Å². The van der Waals surface area contributed by atoms with E-state index >= 15 is 0 Å². The molecule has 3 N–H and O–H groups in total. The van der Waals surface area contributed by atoms with E-state index in [4.69, 9.17) is 14.4 Å². The molecule has 23 heavy (non-hydrogen) atoms. The van der Waals surface area contributed by atoms with Gasteiger partial charge in [-0.25, -0.2) is 4.79 Å². The number of para-hydroxylation sites is 1. The highest BCUT2D eigenvalue weighted by atomic mass is 127. The van der Waals surface area contributed by atoms with Gasteiger partial charge in [0.05, 0.1) is 11.2 Å². The number of hydrogen-bond acceptors (Lipinski definition) is 5. The Balaban J connectivity index is 0.00000149. The first kappa shape index (κ1) is 22.6. The van der Waals surface area contributed by atoms with Crippen LogP contribution in [0.2, 0.25) is 0 Å². The Kier molecular flexibility index (Phi) is 11.9. The largest absolute Gasteiger partial charge is 0.710 e. The molecular weight excluding hydrogens is 480 g/mol. The summed E-state index contributed by atoms with van der Waals surface area (Å²) in [6.07, 6.45) is 2.21. The minimum atomic E-state index is -1.49. The zero-order valence-corrected chi connectivity index (χ0v) is 17.1. The third-order valence-corrected chi connectivity index (χ3v) is 3.63. The van der Waals surface area contributed by atoms with E-state index in [-0.39, 0.29) is 11.3 Å². The van der Waals surface area contributed by atoms with Crippen molar-refractivity contribution < 1.29 is 24.2 Å². The summed E-state index contributed by atoms with van der Waals surface area (Å²) < 4.78 is 13.3. The molecule has 0 saturated heterocycles. The lowest BCUT2D eigenvalue weighted by Gasteiger charge is -2.31. The average Bonchev–Trinajstić information content (AvgIpc) is 2.54. The van der Waals surface area contributed by atoms with E-state index in [1.807, 2.05) is 43.6 Å². The van der Waals surface area contributed by atoms with Gasteiger partial charge in [0.15, 0.2) is 0 Å². The average molecular weight is 502 g/mol. The van der Waals surface area contributed by atoms with Crippen LogP contribution in [0.25, 0.3) is 0 Å². The van der Waals surface area contributed by atoms with Crippen molar-refractivity contribution in [3.63, 3.8) is 0 Å². The molecule has 0 heterocycles. The van der Waals surface area contributed by atoms with Gasteiger partial charge in [-0.05, 0) is 31.4 Å². The van der Waals surface area contributed by atoms with Crippen molar-refractivity contribution in [1.29, 1.82) is 0 Å². The fourth-order valence-electron chi connectivity index (χ4n) is 2.09. The van der Waals surface area contributed by atoms with E-state index in [0.29, 0.717) is 0 Å². The summed E-state index contributed by atoms with van der Waals surface area (Å²) in [4.78, 5) is 11.1. The molecule has 0 spiro atoms. The maximum Gasteiger partial charge on any atom is 0.710 e. The van der Waals surface area contributed by atoms with Crippen LogP contribution >= 0.6 is 39.0 Å². The molecule has 0 saturated carbocycles. The predicted molar refractivity (Wildman–Crippen MR) is 103 cm³/mol. The summed E-state index contributed by atoms with van der Waals surface area (Å²) in [5, 5.41) is 18.9. The summed E-state index contributed by atoms with van der Waals surface area (Å²) >= 11 is 4.84. The molecule has 0 bridgehead atoms. The number of rotatable bonds is 8. The van der Waals surface area contributed by atoms with Gasteiger partial charge in [-0.15, -0.1) is 0 Å². The lowest BCUT2D eigenvalue weighted by molar-refractivity contribution is 0.0122. The summed E-state index contributed by atoms with van der Waals surface area (Å²) in [6, 6.07) is 6.14. The molecule has 0 unspecified atom stereocenters. The Morgan fingerprint density at radius 3 is 2.22 bits per heavy atom. The Morgan fingerprint density at radius 2 is 1.78 bits per heavy atom. The van der Waals surface area contributed by atoms with Crippen LogP contribution in [0.4, 0.5) is 0 Å². The van der Waals surface area contributed by atoms with Gasteiger partial charge >= 0.3 is 13.3 Å². The highest BCUT2D eigenvalue weighted by Crippen LogP contribution is 2.26. The smallest absolute Gasteiger partial charge is 0.511 e. The number of carboxylic acids is 1. The molecule has 1 aromatic rings. The van der Waals surface area contributed by atoms with Gasteiger partial charge in [0.1, 0.15) is 5.75 Å². The van der Waals surface area contributed by atoms with Gasteiger partial charge in [0.25, 0.3) is 0 Å². The first-order valence-electron chi connectivity index (χ1n) is 7.20. The van der Waals surface area contributed by atoms with Crippen molar-refractivity contribution in [3.05, 3.63) is 29.8 Å². The zero-order chi connectivity index (χ0) is 17.9. The molecule has 0 fully saturated rings. The second-order valence-electron chi connectivity index (χ2n) is 4.66. The standard InChI is InChI=1S/C14H21BO5.BrHIN/c1-4-14(5-2,6-3)20-15(18)19-12-10-8-7-9-11(12)13(16)17;1-3-2/h7-10,18H,4-6H2,1-3H3,(H,16,17);3H. The highest BCUT2D eigenvalue weighted by Gasteiger charge is 2.34. The molecule has 0 aliphatic carbocycles. The monoisotopic (exact) mass is 501 g/mol. The van der Waals surface area contributed by atoms with Gasteiger partial charge in [0, 0.05) is 39.0 Å². The molecule has 1 aromatic carbocycles. The van der Waals surface area contributed by atoms with E-state index in [2.05, 4.69) is 18.7 Å². The number of nitrogens with one attached hydrogen (secondary N) is 1. The summed E-state index contributed by atoms with van der Waals surface area (Å²) in [7, 11) is -1.49. The molecule has 0 aliphatic rings. The van der Waals surface area contributed by atoms with Gasteiger partial charge in [0.2, 0.25) is 0 Å². The maximum absolute atomic E-state index is 11.1. The first-order valence-corrected chi connectivity index (χ1v) is 9.07. The Morgan fingerprint density at radius 1 is 1.30 bits per heavy atom. The van der Waals surface area contributed by atoms with Crippen molar-refractivity contribution in [3.8, 4) is 5.75 Å². The van der Waals surface area contributed by atoms with Crippen molar-refractivity contribution in [2.45, 2.75) is 45.6 Å². The number of carboxylic acid groups (broad SMARTS) is 1. The second-order valence-corrected chi connectivity index (χ2v) is 7.08. The zero-order valence-electron chi connectivity index (χ0n) is 13.4. The minimum absolute atomic E-state index is 0.00903. The summed E-state index contributed by atoms with van der Waals surface area (Å²) in [6.45, 7) is 5.93. The molecule has 9 heteroatoms. The van der Waals surface area contributed by atoms with Gasteiger partial charge < -0.3 is 19.4 Å². The third-order valence-electron chi connectivity index (χ3n) is 3.63. The Bertz CT molecular complexity index is 468. The number of hydrogen-bond donors (Lipinski definition) is 3. The SMILES string of the molecule is BrNI.CCC(CC)(CC)OB(O)Oc1ccccc1C(=O)O. The van der Waals surface area contributed by atoms with Crippen molar-refractivity contribution >= 4 is 52.3 Å². The number of carbonyl (C=O) groups is 1. The van der Waals surface area contributed by atoms with Crippen LogP contribution in [0.3, 0.4) is 0 Å². The van der Waals surface area contributed by atoms with Crippen molar-refractivity contribution in [2.75, 3.05) is 0 Å². The fourth-order valence-corrected chi connectivity index (χ4v) is 2.09. The first-order chi connectivity index (χ1) is 10.9.